The summed E-state index contributed by atoms with van der Waals surface area (Å²) in [7, 11) is 1.78. The Morgan fingerprint density at radius 1 is 1.38 bits per heavy atom. The molecule has 1 aliphatic rings. The van der Waals surface area contributed by atoms with Crippen LogP contribution in [0.25, 0.3) is 0 Å². The third-order valence-electron chi connectivity index (χ3n) is 4.46. The average Bonchev–Trinajstić information content (AvgIpc) is 2.63. The van der Waals surface area contributed by atoms with Gasteiger partial charge >= 0.3 is 0 Å². The Bertz CT molecular complexity index is 628. The number of nitrogens with one attached hydrogen (secondary N) is 2. The van der Waals surface area contributed by atoms with Crippen LogP contribution < -0.4 is 10.6 Å². The molecule has 26 heavy (non-hydrogen) atoms. The van der Waals surface area contributed by atoms with E-state index >= 15 is 0 Å². The molecule has 0 saturated carbocycles. The quantitative estimate of drug-likeness (QED) is 0.543. The second-order valence-corrected chi connectivity index (χ2v) is 7.29. The second kappa shape index (κ2) is 10.5. The number of amides is 1. The van der Waals surface area contributed by atoms with Crippen LogP contribution in [0.15, 0.2) is 27.7 Å². The number of nitrogens with zero attached hydrogens (tertiary/aromatic N) is 2. The number of aliphatic imine (C=N–C) groups is 1. The van der Waals surface area contributed by atoms with Gasteiger partial charge in [-0.1, -0.05) is 22.0 Å². The van der Waals surface area contributed by atoms with Gasteiger partial charge in [0, 0.05) is 49.9 Å². The highest BCUT2D eigenvalue weighted by Crippen LogP contribution is 2.20. The minimum atomic E-state index is -0.00999. The van der Waals surface area contributed by atoms with E-state index < -0.39 is 0 Å². The summed E-state index contributed by atoms with van der Waals surface area (Å²) >= 11 is 3.43. The molecule has 2 N–H and O–H groups in total. The van der Waals surface area contributed by atoms with Crippen molar-refractivity contribution in [2.24, 2.45) is 4.99 Å². The van der Waals surface area contributed by atoms with Crippen LogP contribution in [0, 0.1) is 6.92 Å². The van der Waals surface area contributed by atoms with Gasteiger partial charge in [-0.2, -0.15) is 0 Å². The zero-order chi connectivity index (χ0) is 18.9. The predicted octanol–water partition coefficient (Wildman–Crippen LogP) is 3.16. The number of piperidine rings is 1. The van der Waals surface area contributed by atoms with Gasteiger partial charge in [-0.05, 0) is 44.4 Å². The summed E-state index contributed by atoms with van der Waals surface area (Å²) < 4.78 is 6.64. The van der Waals surface area contributed by atoms with E-state index in [1.165, 1.54) is 0 Å². The standard InChI is InChI=1S/C19H29BrN4O2/c1-4-26-16-8-11-24(12-9-16)19(21-3)22-10-7-18(25)23-17-13-15(20)6-5-14(17)2/h5-6,13,16H,4,7-12H2,1-3H3,(H,21,22)(H,23,25). The smallest absolute Gasteiger partial charge is 0.226 e. The van der Waals surface area contributed by atoms with Gasteiger partial charge in [0.25, 0.3) is 0 Å². The van der Waals surface area contributed by atoms with Crippen molar-refractivity contribution >= 4 is 33.5 Å². The lowest BCUT2D eigenvalue weighted by molar-refractivity contribution is -0.116. The van der Waals surface area contributed by atoms with Crippen molar-refractivity contribution in [3.63, 3.8) is 0 Å². The minimum Gasteiger partial charge on any atom is -0.378 e. The number of likely N-dealkylation sites (tertiary alicyclic amines) is 1. The summed E-state index contributed by atoms with van der Waals surface area (Å²) in [6.07, 6.45) is 2.77. The van der Waals surface area contributed by atoms with E-state index in [1.807, 2.05) is 32.0 Å². The van der Waals surface area contributed by atoms with Crippen LogP contribution in [0.2, 0.25) is 0 Å². The van der Waals surface area contributed by atoms with Gasteiger partial charge in [-0.25, -0.2) is 0 Å². The third-order valence-corrected chi connectivity index (χ3v) is 4.96. The first kappa shape index (κ1) is 20.7. The molecule has 144 valence electrons. The maximum absolute atomic E-state index is 12.2. The molecule has 7 heteroatoms. The number of aryl methyl sites for hydroxylation is 1. The number of halogens is 1. The molecular weight excluding hydrogens is 396 g/mol. The molecule has 0 radical (unpaired) electrons. The largest absolute Gasteiger partial charge is 0.378 e. The summed E-state index contributed by atoms with van der Waals surface area (Å²) in [5.74, 6) is 0.843. The Kier molecular flexibility index (Phi) is 8.38. The van der Waals surface area contributed by atoms with Gasteiger partial charge in [-0.3, -0.25) is 9.79 Å². The molecule has 1 saturated heterocycles. The van der Waals surface area contributed by atoms with Crippen molar-refractivity contribution in [3.05, 3.63) is 28.2 Å². The molecule has 0 spiro atoms. The number of carbonyl (C=O) groups is 1. The Hall–Kier alpha value is -1.60. The van der Waals surface area contributed by atoms with Gasteiger partial charge in [0.1, 0.15) is 0 Å². The van der Waals surface area contributed by atoms with Crippen molar-refractivity contribution in [2.75, 3.05) is 38.6 Å². The summed E-state index contributed by atoms with van der Waals surface area (Å²) in [6.45, 7) is 7.18. The Morgan fingerprint density at radius 2 is 2.12 bits per heavy atom. The van der Waals surface area contributed by atoms with Crippen LogP contribution in [-0.4, -0.2) is 56.2 Å². The average molecular weight is 425 g/mol. The molecule has 1 heterocycles. The fourth-order valence-corrected chi connectivity index (χ4v) is 3.39. The van der Waals surface area contributed by atoms with Crippen molar-refractivity contribution in [2.45, 2.75) is 39.2 Å². The van der Waals surface area contributed by atoms with Gasteiger partial charge in [0.05, 0.1) is 6.10 Å². The molecule has 1 aromatic rings. The van der Waals surface area contributed by atoms with E-state index in [0.29, 0.717) is 19.1 Å². The van der Waals surface area contributed by atoms with E-state index in [-0.39, 0.29) is 5.91 Å². The topological polar surface area (TPSA) is 66.0 Å². The molecule has 0 aromatic heterocycles. The van der Waals surface area contributed by atoms with Crippen LogP contribution in [0.5, 0.6) is 0 Å². The molecule has 0 bridgehead atoms. The van der Waals surface area contributed by atoms with Crippen molar-refractivity contribution in [1.82, 2.24) is 10.2 Å². The van der Waals surface area contributed by atoms with Gasteiger partial charge in [0.15, 0.2) is 5.96 Å². The van der Waals surface area contributed by atoms with Gasteiger partial charge < -0.3 is 20.3 Å². The van der Waals surface area contributed by atoms with E-state index in [1.54, 1.807) is 7.05 Å². The number of rotatable bonds is 6. The summed E-state index contributed by atoms with van der Waals surface area (Å²) in [4.78, 5) is 18.8. The van der Waals surface area contributed by atoms with Crippen LogP contribution >= 0.6 is 15.9 Å². The first-order valence-corrected chi connectivity index (χ1v) is 9.96. The number of hydrogen-bond donors (Lipinski definition) is 2. The molecule has 2 rings (SSSR count). The fourth-order valence-electron chi connectivity index (χ4n) is 3.03. The highest BCUT2D eigenvalue weighted by molar-refractivity contribution is 9.10. The number of carbonyl (C=O) groups excluding carboxylic acids is 1. The van der Waals surface area contributed by atoms with E-state index in [0.717, 1.165) is 54.2 Å². The normalized spacial score (nSPS) is 15.8. The SMILES string of the molecule is CCOC1CCN(C(=NC)NCCC(=O)Nc2cc(Br)ccc2C)CC1. The molecule has 6 nitrogen and oxygen atoms in total. The van der Waals surface area contributed by atoms with Crippen molar-refractivity contribution < 1.29 is 9.53 Å². The minimum absolute atomic E-state index is 0.00999. The van der Waals surface area contributed by atoms with Gasteiger partial charge in [-0.15, -0.1) is 0 Å². The molecule has 0 unspecified atom stereocenters. The van der Waals surface area contributed by atoms with Crippen LogP contribution in [0.1, 0.15) is 31.7 Å². The third kappa shape index (κ3) is 6.29. The fraction of sp³-hybridized carbons (Fsp3) is 0.579. The lowest BCUT2D eigenvalue weighted by atomic mass is 10.1. The lowest BCUT2D eigenvalue weighted by Crippen LogP contribution is -2.47. The molecule has 1 fully saturated rings. The number of hydrogen-bond acceptors (Lipinski definition) is 3. The molecule has 0 aliphatic carbocycles. The Balaban J connectivity index is 1.75. The van der Waals surface area contributed by atoms with Crippen molar-refractivity contribution in [3.8, 4) is 0 Å². The van der Waals surface area contributed by atoms with Crippen LogP contribution in [-0.2, 0) is 9.53 Å². The van der Waals surface area contributed by atoms with Crippen molar-refractivity contribution in [1.29, 1.82) is 0 Å². The zero-order valence-corrected chi connectivity index (χ0v) is 17.4. The summed E-state index contributed by atoms with van der Waals surface area (Å²) in [6, 6.07) is 5.86. The predicted molar refractivity (Wildman–Crippen MR) is 110 cm³/mol. The maximum atomic E-state index is 12.2. The summed E-state index contributed by atoms with van der Waals surface area (Å²) in [5.41, 5.74) is 1.88. The highest BCUT2D eigenvalue weighted by Gasteiger charge is 2.21. The monoisotopic (exact) mass is 424 g/mol. The van der Waals surface area contributed by atoms with E-state index in [2.05, 4.69) is 36.5 Å². The molecule has 1 amide bonds. The Morgan fingerprint density at radius 3 is 2.77 bits per heavy atom. The van der Waals surface area contributed by atoms with Gasteiger partial charge in [0.2, 0.25) is 5.91 Å². The summed E-state index contributed by atoms with van der Waals surface area (Å²) in [5, 5.41) is 6.26. The first-order valence-electron chi connectivity index (χ1n) is 9.16. The molecule has 0 atom stereocenters. The number of benzene rings is 1. The first-order chi connectivity index (χ1) is 12.5. The van der Waals surface area contributed by atoms with Crippen LogP contribution in [0.4, 0.5) is 5.69 Å². The maximum Gasteiger partial charge on any atom is 0.226 e. The molecule has 1 aliphatic heterocycles. The van der Waals surface area contributed by atoms with E-state index in [9.17, 15) is 4.79 Å². The Labute approximate surface area is 164 Å². The molecular formula is C19H29BrN4O2. The van der Waals surface area contributed by atoms with Crippen LogP contribution in [0.3, 0.4) is 0 Å². The number of ether oxygens (including phenoxy) is 1. The highest BCUT2D eigenvalue weighted by atomic mass is 79.9. The lowest BCUT2D eigenvalue weighted by Gasteiger charge is -2.34. The number of anilines is 1. The van der Waals surface area contributed by atoms with E-state index in [4.69, 9.17) is 4.74 Å². The second-order valence-electron chi connectivity index (χ2n) is 6.37. The molecule has 1 aromatic carbocycles. The zero-order valence-electron chi connectivity index (χ0n) is 15.8. The number of guanidine groups is 1.